The molecule has 90 valence electrons. The molecule has 0 amide bonds. The highest BCUT2D eigenvalue weighted by Gasteiger charge is 2.10. The van der Waals surface area contributed by atoms with E-state index in [9.17, 15) is 4.39 Å². The van der Waals surface area contributed by atoms with E-state index in [4.69, 9.17) is 10.2 Å². The molecule has 17 heavy (non-hydrogen) atoms. The lowest BCUT2D eigenvalue weighted by Crippen LogP contribution is -1.89. The molecule has 0 aliphatic carbocycles. The Morgan fingerprint density at radius 2 is 1.82 bits per heavy atom. The van der Waals surface area contributed by atoms with E-state index in [1.165, 1.54) is 11.3 Å². The Kier molecular flexibility index (Phi) is 3.83. The van der Waals surface area contributed by atoms with Crippen molar-refractivity contribution >= 4 is 11.3 Å². The maximum Gasteiger partial charge on any atom is 0.124 e. The number of aliphatic hydroxyl groups excluding tert-OH is 2. The van der Waals surface area contributed by atoms with Gasteiger partial charge in [-0.1, -0.05) is 24.3 Å². The zero-order chi connectivity index (χ0) is 12.3. The fourth-order valence-electron chi connectivity index (χ4n) is 1.49. The van der Waals surface area contributed by atoms with E-state index in [0.717, 1.165) is 10.6 Å². The molecule has 1 aromatic carbocycles. The maximum absolute atomic E-state index is 12.4. The molecule has 3 nitrogen and oxygen atoms in total. The molecule has 0 spiro atoms. The maximum atomic E-state index is 12.4. The van der Waals surface area contributed by atoms with Crippen LogP contribution in [0.4, 0.5) is 4.39 Å². The van der Waals surface area contributed by atoms with Crippen molar-refractivity contribution in [3.05, 3.63) is 40.4 Å². The van der Waals surface area contributed by atoms with Crippen molar-refractivity contribution < 1.29 is 14.6 Å². The van der Waals surface area contributed by atoms with Gasteiger partial charge in [-0.2, -0.15) is 0 Å². The topological polar surface area (TPSA) is 53.4 Å². The summed E-state index contributed by atoms with van der Waals surface area (Å²) in [7, 11) is 0. The van der Waals surface area contributed by atoms with E-state index in [2.05, 4.69) is 4.98 Å². The molecule has 1 aromatic heterocycles. The van der Waals surface area contributed by atoms with Gasteiger partial charge in [0.25, 0.3) is 0 Å². The number of rotatable bonds is 4. The third-order valence-electron chi connectivity index (χ3n) is 2.43. The monoisotopic (exact) mass is 253 g/mol. The molecule has 0 aliphatic rings. The van der Waals surface area contributed by atoms with Crippen LogP contribution in [-0.4, -0.2) is 15.2 Å². The Balaban J connectivity index is 2.35. The van der Waals surface area contributed by atoms with Crippen LogP contribution in [0.25, 0.3) is 10.6 Å². The number of thiazole rings is 1. The highest BCUT2D eigenvalue weighted by molar-refractivity contribution is 7.15. The van der Waals surface area contributed by atoms with Crippen LogP contribution in [0.15, 0.2) is 24.3 Å². The normalized spacial score (nSPS) is 10.8. The fraction of sp³-hybridized carbons (Fsp3) is 0.250. The Morgan fingerprint density at radius 3 is 2.29 bits per heavy atom. The number of benzene rings is 1. The lowest BCUT2D eigenvalue weighted by Gasteiger charge is -1.97. The fourth-order valence-corrected chi connectivity index (χ4v) is 2.43. The zero-order valence-corrected chi connectivity index (χ0v) is 9.88. The van der Waals surface area contributed by atoms with Crippen molar-refractivity contribution in [1.82, 2.24) is 4.98 Å². The van der Waals surface area contributed by atoms with Crippen molar-refractivity contribution in [2.75, 3.05) is 0 Å². The van der Waals surface area contributed by atoms with E-state index in [1.807, 2.05) is 0 Å². The molecule has 0 unspecified atom stereocenters. The molecule has 1 heterocycles. The molecule has 0 saturated carbocycles. The molecule has 0 fully saturated rings. The second kappa shape index (κ2) is 5.35. The summed E-state index contributed by atoms with van der Waals surface area (Å²) in [4.78, 5) is 4.90. The van der Waals surface area contributed by atoms with Gasteiger partial charge in [0.1, 0.15) is 11.7 Å². The first-order valence-corrected chi connectivity index (χ1v) is 5.95. The smallest absolute Gasteiger partial charge is 0.124 e. The number of halogens is 1. The first-order valence-electron chi connectivity index (χ1n) is 5.14. The van der Waals surface area contributed by atoms with Gasteiger partial charge in [0.2, 0.25) is 0 Å². The molecule has 0 aliphatic heterocycles. The number of nitrogens with zero attached hydrogens (tertiary/aromatic N) is 1. The van der Waals surface area contributed by atoms with Crippen molar-refractivity contribution in [1.29, 1.82) is 0 Å². The van der Waals surface area contributed by atoms with E-state index < -0.39 is 6.67 Å². The number of hydrogen-bond acceptors (Lipinski definition) is 4. The number of alkyl halides is 1. The van der Waals surface area contributed by atoms with Crippen molar-refractivity contribution in [2.24, 2.45) is 0 Å². The highest BCUT2D eigenvalue weighted by Crippen LogP contribution is 2.28. The van der Waals surface area contributed by atoms with Crippen LogP contribution in [0.2, 0.25) is 0 Å². The van der Waals surface area contributed by atoms with Gasteiger partial charge in [-0.15, -0.1) is 11.3 Å². The second-order valence-corrected chi connectivity index (χ2v) is 4.62. The molecule has 0 bridgehead atoms. The van der Waals surface area contributed by atoms with Gasteiger partial charge in [-0.05, 0) is 5.56 Å². The van der Waals surface area contributed by atoms with Crippen LogP contribution in [0, 0.1) is 0 Å². The van der Waals surface area contributed by atoms with Crippen LogP contribution in [0.1, 0.15) is 16.1 Å². The average Bonchev–Trinajstić information content (AvgIpc) is 2.82. The zero-order valence-electron chi connectivity index (χ0n) is 9.06. The van der Waals surface area contributed by atoms with E-state index in [1.54, 1.807) is 24.3 Å². The van der Waals surface area contributed by atoms with Crippen LogP contribution in [0.5, 0.6) is 0 Å². The van der Waals surface area contributed by atoms with Gasteiger partial charge >= 0.3 is 0 Å². The first kappa shape index (κ1) is 12.2. The van der Waals surface area contributed by atoms with E-state index in [0.29, 0.717) is 16.1 Å². The minimum atomic E-state index is -0.484. The van der Waals surface area contributed by atoms with Gasteiger partial charge in [0.05, 0.1) is 23.8 Å². The van der Waals surface area contributed by atoms with Crippen LogP contribution < -0.4 is 0 Å². The quantitative estimate of drug-likeness (QED) is 0.878. The highest BCUT2D eigenvalue weighted by atomic mass is 32.1. The summed E-state index contributed by atoms with van der Waals surface area (Å²) < 4.78 is 12.4. The van der Waals surface area contributed by atoms with Gasteiger partial charge < -0.3 is 10.2 Å². The Labute approximate surface area is 102 Å². The standard InChI is InChI=1S/C12H12FNO2S/c13-5-8-1-3-9(4-2-8)12-14-10(6-15)11(7-16)17-12/h1-4,15-16H,5-7H2. The number of aliphatic hydroxyl groups is 2. The molecular formula is C12H12FNO2S. The first-order chi connectivity index (χ1) is 8.28. The summed E-state index contributed by atoms with van der Waals surface area (Å²) in [6.07, 6.45) is 0. The number of aromatic nitrogens is 1. The predicted molar refractivity (Wildman–Crippen MR) is 64.2 cm³/mol. The summed E-state index contributed by atoms with van der Waals surface area (Å²) in [5.41, 5.74) is 1.98. The summed E-state index contributed by atoms with van der Waals surface area (Å²) in [5.74, 6) is 0. The molecule has 0 radical (unpaired) electrons. The van der Waals surface area contributed by atoms with Gasteiger partial charge in [-0.25, -0.2) is 9.37 Å². The van der Waals surface area contributed by atoms with E-state index in [-0.39, 0.29) is 13.2 Å². The van der Waals surface area contributed by atoms with Crippen LogP contribution in [-0.2, 0) is 19.9 Å². The largest absolute Gasteiger partial charge is 0.391 e. The third-order valence-corrected chi connectivity index (χ3v) is 3.56. The SMILES string of the molecule is OCc1nc(-c2ccc(CF)cc2)sc1CO. The predicted octanol–water partition coefficient (Wildman–Crippen LogP) is 2.26. The average molecular weight is 253 g/mol. The van der Waals surface area contributed by atoms with Crippen molar-refractivity contribution in [2.45, 2.75) is 19.9 Å². The Bertz CT molecular complexity index is 474. The molecule has 2 aromatic rings. The minimum Gasteiger partial charge on any atom is -0.391 e. The summed E-state index contributed by atoms with van der Waals surface area (Å²) in [6, 6.07) is 6.98. The van der Waals surface area contributed by atoms with Crippen LogP contribution in [0.3, 0.4) is 0 Å². The molecule has 2 N–H and O–H groups in total. The summed E-state index contributed by atoms with van der Waals surface area (Å²) >= 11 is 1.34. The number of hydrogen-bond donors (Lipinski definition) is 2. The lowest BCUT2D eigenvalue weighted by molar-refractivity contribution is 0.259. The van der Waals surface area contributed by atoms with Gasteiger partial charge in [-0.3, -0.25) is 0 Å². The van der Waals surface area contributed by atoms with Crippen molar-refractivity contribution in [3.63, 3.8) is 0 Å². The van der Waals surface area contributed by atoms with Crippen LogP contribution >= 0.6 is 11.3 Å². The Hall–Kier alpha value is -1.30. The minimum absolute atomic E-state index is 0.129. The van der Waals surface area contributed by atoms with Crippen molar-refractivity contribution in [3.8, 4) is 10.6 Å². The van der Waals surface area contributed by atoms with Gasteiger partial charge in [0, 0.05) is 5.56 Å². The second-order valence-electron chi connectivity index (χ2n) is 3.54. The lowest BCUT2D eigenvalue weighted by atomic mass is 10.1. The summed E-state index contributed by atoms with van der Waals surface area (Å²) in [5, 5.41) is 18.9. The summed E-state index contributed by atoms with van der Waals surface area (Å²) in [6.45, 7) is -0.799. The molecule has 0 atom stereocenters. The molecule has 5 heteroatoms. The third kappa shape index (κ3) is 2.52. The molecule has 2 rings (SSSR count). The Morgan fingerprint density at radius 1 is 1.12 bits per heavy atom. The van der Waals surface area contributed by atoms with E-state index >= 15 is 0 Å². The van der Waals surface area contributed by atoms with Gasteiger partial charge in [0.15, 0.2) is 0 Å². The molecular weight excluding hydrogens is 241 g/mol. The molecule has 0 saturated heterocycles.